The van der Waals surface area contributed by atoms with Crippen LogP contribution in [0.2, 0.25) is 5.02 Å². The first-order valence-corrected chi connectivity index (χ1v) is 12.0. The van der Waals surface area contributed by atoms with Gasteiger partial charge in [0.15, 0.2) is 16.6 Å². The van der Waals surface area contributed by atoms with Gasteiger partial charge in [0.1, 0.15) is 17.9 Å². The maximum absolute atomic E-state index is 14.4. The van der Waals surface area contributed by atoms with Gasteiger partial charge in [-0.1, -0.05) is 23.7 Å². The van der Waals surface area contributed by atoms with Crippen LogP contribution in [0.1, 0.15) is 30.0 Å². The van der Waals surface area contributed by atoms with Gasteiger partial charge in [-0.3, -0.25) is 9.69 Å². The van der Waals surface area contributed by atoms with Gasteiger partial charge in [0, 0.05) is 30.1 Å². The third-order valence-corrected chi connectivity index (χ3v) is 6.63. The highest BCUT2D eigenvalue weighted by molar-refractivity contribution is 7.11. The number of amidine groups is 1. The fourth-order valence-electron chi connectivity index (χ4n) is 3.95. The molecule has 2 N–H and O–H groups in total. The fourth-order valence-corrected chi connectivity index (χ4v) is 4.77. The van der Waals surface area contributed by atoms with Gasteiger partial charge in [0.25, 0.3) is 5.92 Å². The molecule has 1 fully saturated rings. The summed E-state index contributed by atoms with van der Waals surface area (Å²) >= 11 is 7.44. The number of hydrogen-bond acceptors (Lipinski definition) is 9. The number of carboxylic acids is 1. The zero-order valence-electron chi connectivity index (χ0n) is 18.7. The minimum atomic E-state index is -3.24. The van der Waals surface area contributed by atoms with Crippen LogP contribution in [0.5, 0.6) is 0 Å². The second-order valence-corrected chi connectivity index (χ2v) is 9.21. The van der Waals surface area contributed by atoms with Crippen molar-refractivity contribution in [2.75, 3.05) is 19.7 Å². The van der Waals surface area contributed by atoms with Gasteiger partial charge in [-0.15, -0.1) is 11.3 Å². The molecule has 1 aromatic carbocycles. The van der Waals surface area contributed by atoms with Crippen LogP contribution in [-0.2, 0) is 14.3 Å². The average molecular weight is 545 g/mol. The number of carbonyl (C=O) groups is 2. The summed E-state index contributed by atoms with van der Waals surface area (Å²) in [4.78, 5) is 33.8. The first-order valence-electron chi connectivity index (χ1n) is 10.7. The number of aliphatic imine (C=N–C) groups is 1. The maximum atomic E-state index is 14.4. The van der Waals surface area contributed by atoms with Crippen molar-refractivity contribution in [3.8, 4) is 0 Å². The molecule has 2 aliphatic rings. The van der Waals surface area contributed by atoms with Crippen LogP contribution >= 0.6 is 22.9 Å². The summed E-state index contributed by atoms with van der Waals surface area (Å²) in [5, 5.41) is 14.2. The van der Waals surface area contributed by atoms with Gasteiger partial charge in [-0.05, 0) is 13.0 Å². The molecule has 2 atom stereocenters. The molecule has 2 aliphatic heterocycles. The van der Waals surface area contributed by atoms with E-state index < -0.39 is 48.9 Å². The van der Waals surface area contributed by atoms with Crippen molar-refractivity contribution in [3.05, 3.63) is 62.6 Å². The summed E-state index contributed by atoms with van der Waals surface area (Å²) in [6, 6.07) is 1.31. The highest BCUT2D eigenvalue weighted by Gasteiger charge is 2.49. The van der Waals surface area contributed by atoms with E-state index in [4.69, 9.17) is 21.1 Å². The van der Waals surface area contributed by atoms with Crippen molar-refractivity contribution in [3.63, 3.8) is 0 Å². The van der Waals surface area contributed by atoms with Crippen LogP contribution < -0.4 is 5.32 Å². The maximum Gasteiger partial charge on any atom is 0.513 e. The summed E-state index contributed by atoms with van der Waals surface area (Å²) in [5.74, 6) is -5.42. The molecule has 0 unspecified atom stereocenters. The summed E-state index contributed by atoms with van der Waals surface area (Å²) in [6.07, 6.45) is -0.473. The number of nitrogens with one attached hydrogen (secondary N) is 1. The molecule has 0 bridgehead atoms. The normalized spacial score (nSPS) is 21.6. The molecule has 2 aromatic rings. The minimum Gasteiger partial charge on any atom is -0.480 e. The molecule has 3 heterocycles. The van der Waals surface area contributed by atoms with E-state index >= 15 is 0 Å². The summed E-state index contributed by atoms with van der Waals surface area (Å²) in [6.45, 7) is 0.318. The van der Waals surface area contributed by atoms with Gasteiger partial charge in [0.05, 0.1) is 23.9 Å². The number of carboxylic acid groups (broad SMARTS) is 1. The van der Waals surface area contributed by atoms with Gasteiger partial charge in [-0.2, -0.15) is 0 Å². The van der Waals surface area contributed by atoms with Gasteiger partial charge >= 0.3 is 12.1 Å². The molecule has 1 aromatic heterocycles. The van der Waals surface area contributed by atoms with Crippen LogP contribution in [0.25, 0.3) is 0 Å². The molecule has 4 rings (SSSR count). The Morgan fingerprint density at radius 3 is 2.83 bits per heavy atom. The Labute approximate surface area is 212 Å². The van der Waals surface area contributed by atoms with E-state index in [2.05, 4.69) is 15.3 Å². The summed E-state index contributed by atoms with van der Waals surface area (Å²) in [5.41, 5.74) is 0.183. The lowest BCUT2D eigenvalue weighted by atomic mass is 10.0. The number of ether oxygens (including phenoxy) is 2. The SMILES string of the molecule is CCOC(=O)OC1=C(CN2CC(F)(F)C[C@H]2C(=O)O)NC(c2nccs2)=N[C@@H]1c1cccc(F)c1Cl. The van der Waals surface area contributed by atoms with E-state index in [1.165, 1.54) is 29.7 Å². The number of nitrogens with zero attached hydrogens (tertiary/aromatic N) is 3. The fraction of sp³-hybridized carbons (Fsp3) is 0.364. The predicted molar refractivity (Wildman–Crippen MR) is 124 cm³/mol. The van der Waals surface area contributed by atoms with E-state index in [0.717, 1.165) is 11.0 Å². The summed E-state index contributed by atoms with van der Waals surface area (Å²) < 4.78 is 53.0. The number of likely N-dealkylation sites (tertiary alicyclic amines) is 1. The van der Waals surface area contributed by atoms with E-state index in [-0.39, 0.29) is 41.0 Å². The quantitative estimate of drug-likeness (QED) is 0.499. The molecule has 14 heteroatoms. The second kappa shape index (κ2) is 10.4. The third-order valence-electron chi connectivity index (χ3n) is 5.45. The van der Waals surface area contributed by atoms with Crippen LogP contribution in [0.3, 0.4) is 0 Å². The van der Waals surface area contributed by atoms with E-state index in [9.17, 15) is 27.9 Å². The number of carbonyl (C=O) groups excluding carboxylic acids is 1. The first-order chi connectivity index (χ1) is 17.1. The Hall–Kier alpha value is -3.16. The lowest BCUT2D eigenvalue weighted by Crippen LogP contribution is -2.43. The number of hydrogen-bond donors (Lipinski definition) is 2. The molecule has 0 spiro atoms. The Kier molecular flexibility index (Phi) is 7.52. The number of aromatic nitrogens is 1. The Bertz CT molecular complexity index is 1220. The van der Waals surface area contributed by atoms with E-state index in [1.54, 1.807) is 12.3 Å². The third kappa shape index (κ3) is 5.47. The predicted octanol–water partition coefficient (Wildman–Crippen LogP) is 4.21. The smallest absolute Gasteiger partial charge is 0.480 e. The number of thiazole rings is 1. The minimum absolute atomic E-state index is 0.0205. The molecule has 0 saturated carbocycles. The van der Waals surface area contributed by atoms with Gasteiger partial charge in [-0.25, -0.2) is 27.9 Å². The number of aliphatic carboxylic acids is 1. The molecule has 9 nitrogen and oxygen atoms in total. The van der Waals surface area contributed by atoms with Crippen molar-refractivity contribution in [1.82, 2.24) is 15.2 Å². The van der Waals surface area contributed by atoms with Crippen molar-refractivity contribution in [2.45, 2.75) is 31.4 Å². The highest BCUT2D eigenvalue weighted by atomic mass is 35.5. The largest absolute Gasteiger partial charge is 0.513 e. The van der Waals surface area contributed by atoms with Crippen LogP contribution in [0.4, 0.5) is 18.0 Å². The molecular weight excluding hydrogens is 525 g/mol. The van der Waals surface area contributed by atoms with Crippen LogP contribution in [0, 0.1) is 5.82 Å². The standard InChI is InChI=1S/C22H20ClF3N4O5S/c1-2-34-21(33)35-17-13(9-30-10-22(25,26)8-14(30)20(31)32)28-18(19-27-6-7-36-19)29-16(17)11-4-3-5-12(24)15(11)23/h3-7,14,16H,2,8-10H2,1H3,(H,28,29)(H,31,32)/t14-,16+/m0/s1. The average Bonchev–Trinajstić information content (AvgIpc) is 3.45. The zero-order chi connectivity index (χ0) is 26.0. The lowest BCUT2D eigenvalue weighted by Gasteiger charge is -2.30. The Balaban J connectivity index is 1.83. The van der Waals surface area contributed by atoms with Crippen molar-refractivity contribution in [2.24, 2.45) is 4.99 Å². The summed E-state index contributed by atoms with van der Waals surface area (Å²) in [7, 11) is 0. The first kappa shape index (κ1) is 25.9. The van der Waals surface area contributed by atoms with Gasteiger partial charge < -0.3 is 19.9 Å². The second-order valence-electron chi connectivity index (χ2n) is 7.93. The molecule has 0 radical (unpaired) electrons. The molecule has 192 valence electrons. The van der Waals surface area contributed by atoms with Crippen LogP contribution in [-0.4, -0.2) is 64.6 Å². The number of benzene rings is 1. The molecule has 0 amide bonds. The van der Waals surface area contributed by atoms with Crippen molar-refractivity contribution in [1.29, 1.82) is 0 Å². The Morgan fingerprint density at radius 2 is 2.17 bits per heavy atom. The topological polar surface area (TPSA) is 113 Å². The molecular formula is C22H20ClF3N4O5S. The molecule has 0 aliphatic carbocycles. The Morgan fingerprint density at radius 1 is 1.39 bits per heavy atom. The van der Waals surface area contributed by atoms with E-state index in [1.807, 2.05) is 0 Å². The number of rotatable bonds is 7. The van der Waals surface area contributed by atoms with Crippen molar-refractivity contribution >= 4 is 40.9 Å². The van der Waals surface area contributed by atoms with E-state index in [0.29, 0.717) is 5.01 Å². The zero-order valence-corrected chi connectivity index (χ0v) is 20.3. The number of halogens is 4. The lowest BCUT2D eigenvalue weighted by molar-refractivity contribution is -0.142. The van der Waals surface area contributed by atoms with Crippen molar-refractivity contribution < 1.29 is 37.3 Å². The monoisotopic (exact) mass is 544 g/mol. The van der Waals surface area contributed by atoms with Gasteiger partial charge in [0.2, 0.25) is 0 Å². The molecule has 1 saturated heterocycles. The number of alkyl halides is 2. The van der Waals surface area contributed by atoms with Crippen LogP contribution in [0.15, 0.2) is 46.2 Å². The molecule has 36 heavy (non-hydrogen) atoms. The highest BCUT2D eigenvalue weighted by Crippen LogP contribution is 2.39.